The van der Waals surface area contributed by atoms with Crippen LogP contribution in [0.5, 0.6) is 0 Å². The number of hydrogen-bond donors (Lipinski definition) is 1. The molecule has 1 aliphatic rings. The lowest BCUT2D eigenvalue weighted by molar-refractivity contribution is -0.00797. The molecule has 0 spiro atoms. The summed E-state index contributed by atoms with van der Waals surface area (Å²) in [7, 11) is -3.54. The van der Waals surface area contributed by atoms with Crippen molar-refractivity contribution in [3.8, 4) is 0 Å². The van der Waals surface area contributed by atoms with Crippen LogP contribution < -0.4 is 5.32 Å². The summed E-state index contributed by atoms with van der Waals surface area (Å²) < 4.78 is 13.6. The molecule has 0 radical (unpaired) electrons. The lowest BCUT2D eigenvalue weighted by atomic mass is 9.89. The summed E-state index contributed by atoms with van der Waals surface area (Å²) in [4.78, 5) is 0. The highest BCUT2D eigenvalue weighted by molar-refractivity contribution is 6.74. The van der Waals surface area contributed by atoms with Crippen molar-refractivity contribution in [3.63, 3.8) is 0 Å². The van der Waals surface area contributed by atoms with Gasteiger partial charge in [0.1, 0.15) is 0 Å². The Labute approximate surface area is 223 Å². The van der Waals surface area contributed by atoms with Gasteiger partial charge in [-0.15, -0.1) is 0 Å². The van der Waals surface area contributed by atoms with Crippen molar-refractivity contribution in [2.75, 3.05) is 6.61 Å². The standard InChI is InChI=1S/C30H65NO2Si2/c1-12-13-14-15-16-17-18-19-20-21-22-23-24-26-28(33-35(10,11)30(5,6)7)27(31-26)25-32-34(8,9)29(2,3)4/h26-28,31H,12-25H2,1-11H3/t26-,27-,28-/m0/s1. The van der Waals surface area contributed by atoms with Crippen molar-refractivity contribution >= 4 is 16.6 Å². The Kier molecular flexibility index (Phi) is 14.3. The molecule has 0 bridgehead atoms. The summed E-state index contributed by atoms with van der Waals surface area (Å²) in [6.07, 6.45) is 18.5. The van der Waals surface area contributed by atoms with Crippen LogP contribution >= 0.6 is 0 Å². The Morgan fingerprint density at radius 1 is 0.600 bits per heavy atom. The second-order valence-corrected chi connectivity index (χ2v) is 24.0. The summed E-state index contributed by atoms with van der Waals surface area (Å²) in [5.74, 6) is 0. The van der Waals surface area contributed by atoms with Crippen molar-refractivity contribution in [3.05, 3.63) is 0 Å². The van der Waals surface area contributed by atoms with Crippen molar-refractivity contribution in [1.82, 2.24) is 5.32 Å². The molecule has 0 aromatic carbocycles. The maximum atomic E-state index is 6.98. The van der Waals surface area contributed by atoms with E-state index in [4.69, 9.17) is 8.85 Å². The highest BCUT2D eigenvalue weighted by Gasteiger charge is 2.48. The Morgan fingerprint density at radius 3 is 1.46 bits per heavy atom. The monoisotopic (exact) mass is 527 g/mol. The van der Waals surface area contributed by atoms with E-state index in [2.05, 4.69) is 80.0 Å². The minimum absolute atomic E-state index is 0.244. The first-order valence-corrected chi connectivity index (χ1v) is 21.0. The molecule has 3 nitrogen and oxygen atoms in total. The van der Waals surface area contributed by atoms with Gasteiger partial charge in [-0.1, -0.05) is 126 Å². The first-order chi connectivity index (χ1) is 16.1. The Bertz CT molecular complexity index is 566. The normalized spacial score (nSPS) is 21.9. The summed E-state index contributed by atoms with van der Waals surface area (Å²) in [6.45, 7) is 26.7. The molecule has 0 unspecified atom stereocenters. The zero-order valence-corrected chi connectivity index (χ0v) is 27.9. The van der Waals surface area contributed by atoms with Crippen molar-refractivity contribution < 1.29 is 8.85 Å². The average molecular weight is 528 g/mol. The summed E-state index contributed by atoms with van der Waals surface area (Å²) in [5, 5.41) is 4.36. The maximum absolute atomic E-state index is 6.98. The molecule has 3 atom stereocenters. The SMILES string of the molecule is CCCCCCCCCCCCCC[C@@H]1N[C@@H](CO[Si](C)(C)C(C)(C)C)[C@H]1O[Si](C)(C)C(C)(C)C. The molecular formula is C30H65NO2Si2. The van der Waals surface area contributed by atoms with E-state index in [9.17, 15) is 0 Å². The largest absolute Gasteiger partial charge is 0.415 e. The van der Waals surface area contributed by atoms with Gasteiger partial charge in [-0.2, -0.15) is 0 Å². The zero-order valence-electron chi connectivity index (χ0n) is 25.9. The molecule has 1 heterocycles. The molecular weight excluding hydrogens is 463 g/mol. The fourth-order valence-corrected chi connectivity index (χ4v) is 6.81. The predicted molar refractivity (Wildman–Crippen MR) is 162 cm³/mol. The summed E-state index contributed by atoms with van der Waals surface area (Å²) >= 11 is 0. The molecule has 1 saturated heterocycles. The smallest absolute Gasteiger partial charge is 0.192 e. The number of nitrogens with one attached hydrogen (secondary N) is 1. The van der Waals surface area contributed by atoms with Gasteiger partial charge in [0.15, 0.2) is 16.6 Å². The van der Waals surface area contributed by atoms with E-state index in [1.807, 2.05) is 0 Å². The zero-order chi connectivity index (χ0) is 26.8. The van der Waals surface area contributed by atoms with E-state index in [-0.39, 0.29) is 10.1 Å². The van der Waals surface area contributed by atoms with Gasteiger partial charge in [-0.25, -0.2) is 0 Å². The summed E-state index contributed by atoms with van der Waals surface area (Å²) in [6, 6.07) is 0.848. The molecule has 0 aromatic rings. The second kappa shape index (κ2) is 15.0. The Balaban J connectivity index is 2.41. The van der Waals surface area contributed by atoms with E-state index in [1.165, 1.54) is 83.5 Å². The van der Waals surface area contributed by atoms with Gasteiger partial charge in [-0.05, 0) is 42.7 Å². The lowest BCUT2D eigenvalue weighted by Crippen LogP contribution is -2.71. The van der Waals surface area contributed by atoms with E-state index in [0.717, 1.165) is 6.61 Å². The quantitative estimate of drug-likeness (QED) is 0.142. The molecule has 0 saturated carbocycles. The van der Waals surface area contributed by atoms with Gasteiger partial charge in [0.25, 0.3) is 0 Å². The highest BCUT2D eigenvalue weighted by Crippen LogP contribution is 2.41. The van der Waals surface area contributed by atoms with Gasteiger partial charge in [0, 0.05) is 6.04 Å². The predicted octanol–water partition coefficient (Wildman–Crippen LogP) is 9.83. The van der Waals surface area contributed by atoms with Crippen molar-refractivity contribution in [2.45, 2.75) is 186 Å². The molecule has 0 amide bonds. The Morgan fingerprint density at radius 2 is 1.03 bits per heavy atom. The second-order valence-electron chi connectivity index (χ2n) is 14.5. The van der Waals surface area contributed by atoms with Crippen LogP contribution in [0.15, 0.2) is 0 Å². The van der Waals surface area contributed by atoms with Crippen LogP contribution in [0.2, 0.25) is 36.3 Å². The third-order valence-corrected chi connectivity index (χ3v) is 18.2. The first kappa shape index (κ1) is 33.3. The molecule has 1 N–H and O–H groups in total. The minimum atomic E-state index is -1.80. The van der Waals surface area contributed by atoms with Crippen molar-refractivity contribution in [2.24, 2.45) is 0 Å². The average Bonchev–Trinajstić information content (AvgIpc) is 2.72. The fraction of sp³-hybridized carbons (Fsp3) is 1.00. The van der Waals surface area contributed by atoms with Crippen LogP contribution in [0.4, 0.5) is 0 Å². The van der Waals surface area contributed by atoms with Crippen LogP contribution in [0.1, 0.15) is 132 Å². The first-order valence-electron chi connectivity index (χ1n) is 15.2. The minimum Gasteiger partial charge on any atom is -0.415 e. The highest BCUT2D eigenvalue weighted by atomic mass is 28.4. The third-order valence-electron chi connectivity index (χ3n) is 9.26. The molecule has 0 aliphatic carbocycles. The van der Waals surface area contributed by atoms with E-state index in [0.29, 0.717) is 18.2 Å². The van der Waals surface area contributed by atoms with Crippen LogP contribution in [0.3, 0.4) is 0 Å². The van der Waals surface area contributed by atoms with E-state index < -0.39 is 16.6 Å². The molecule has 1 aliphatic heterocycles. The van der Waals surface area contributed by atoms with Gasteiger partial charge in [0.2, 0.25) is 0 Å². The van der Waals surface area contributed by atoms with Gasteiger partial charge in [0.05, 0.1) is 18.8 Å². The third kappa shape index (κ3) is 11.7. The van der Waals surface area contributed by atoms with Gasteiger partial charge >= 0.3 is 0 Å². The van der Waals surface area contributed by atoms with E-state index in [1.54, 1.807) is 0 Å². The number of rotatable bonds is 18. The lowest BCUT2D eigenvalue weighted by Gasteiger charge is -2.52. The van der Waals surface area contributed by atoms with Gasteiger partial charge < -0.3 is 14.2 Å². The molecule has 1 rings (SSSR count). The number of hydrogen-bond acceptors (Lipinski definition) is 3. The number of unbranched alkanes of at least 4 members (excludes halogenated alkanes) is 11. The van der Waals surface area contributed by atoms with Crippen LogP contribution in [-0.4, -0.2) is 41.4 Å². The molecule has 5 heteroatoms. The molecule has 35 heavy (non-hydrogen) atoms. The maximum Gasteiger partial charge on any atom is 0.192 e. The van der Waals surface area contributed by atoms with Crippen molar-refractivity contribution in [1.29, 1.82) is 0 Å². The van der Waals surface area contributed by atoms with Crippen LogP contribution in [-0.2, 0) is 8.85 Å². The van der Waals surface area contributed by atoms with Crippen LogP contribution in [0, 0.1) is 0 Å². The molecule has 0 aromatic heterocycles. The Hall–Kier alpha value is 0.314. The van der Waals surface area contributed by atoms with E-state index >= 15 is 0 Å². The fourth-order valence-electron chi connectivity index (χ4n) is 4.42. The topological polar surface area (TPSA) is 30.5 Å². The summed E-state index contributed by atoms with van der Waals surface area (Å²) in [5.41, 5.74) is 0. The molecule has 210 valence electrons. The van der Waals surface area contributed by atoms with Crippen LogP contribution in [0.25, 0.3) is 0 Å². The van der Waals surface area contributed by atoms with Gasteiger partial charge in [-0.3, -0.25) is 0 Å². The molecule has 1 fully saturated rings.